The number of hydrogen-bond acceptors (Lipinski definition) is 6. The van der Waals surface area contributed by atoms with E-state index in [2.05, 4.69) is 34.3 Å². The van der Waals surface area contributed by atoms with Crippen LogP contribution in [0.1, 0.15) is 25.8 Å². The zero-order valence-electron chi connectivity index (χ0n) is 15.2. The number of rotatable bonds is 6. The van der Waals surface area contributed by atoms with E-state index in [4.69, 9.17) is 16.2 Å². The minimum atomic E-state index is -0.609. The van der Waals surface area contributed by atoms with Crippen LogP contribution in [0.3, 0.4) is 0 Å². The van der Waals surface area contributed by atoms with E-state index in [0.29, 0.717) is 12.6 Å². The smallest absolute Gasteiger partial charge is 0.220 e. The molecule has 0 aliphatic carbocycles. The quantitative estimate of drug-likeness (QED) is 0.783. The third-order valence-electron chi connectivity index (χ3n) is 4.19. The molecule has 1 aliphatic heterocycles. The molecule has 1 heterocycles. The maximum atomic E-state index is 6.09. The molecule has 0 saturated heterocycles. The van der Waals surface area contributed by atoms with Crippen molar-refractivity contribution in [3.63, 3.8) is 0 Å². The number of aryl methyl sites for hydroxylation is 1. The number of nitrogens with zero attached hydrogens (tertiary/aromatic N) is 3. The van der Waals surface area contributed by atoms with E-state index in [0.717, 1.165) is 24.3 Å². The van der Waals surface area contributed by atoms with Crippen LogP contribution in [0, 0.1) is 0 Å². The maximum Gasteiger partial charge on any atom is 0.220 e. The van der Waals surface area contributed by atoms with Gasteiger partial charge in [0.1, 0.15) is 11.4 Å². The van der Waals surface area contributed by atoms with E-state index in [9.17, 15) is 0 Å². The van der Waals surface area contributed by atoms with Gasteiger partial charge in [0.05, 0.1) is 6.61 Å². The van der Waals surface area contributed by atoms with Crippen LogP contribution in [0.2, 0.25) is 0 Å². The van der Waals surface area contributed by atoms with E-state index >= 15 is 0 Å². The Labute approximate surface area is 154 Å². The van der Waals surface area contributed by atoms with Crippen molar-refractivity contribution in [3.8, 4) is 5.75 Å². The maximum absolute atomic E-state index is 6.09. The summed E-state index contributed by atoms with van der Waals surface area (Å²) in [6.07, 6.45) is 1.95. The van der Waals surface area contributed by atoms with Gasteiger partial charge in [-0.15, -0.1) is 0 Å². The van der Waals surface area contributed by atoms with Crippen LogP contribution in [-0.2, 0) is 6.42 Å². The Bertz CT molecular complexity index is 814. The lowest BCUT2D eigenvalue weighted by Gasteiger charge is -2.38. The third-order valence-corrected chi connectivity index (χ3v) is 4.19. The minimum absolute atomic E-state index is 0.192. The highest BCUT2D eigenvalue weighted by Crippen LogP contribution is 2.29. The minimum Gasteiger partial charge on any atom is -0.494 e. The van der Waals surface area contributed by atoms with Crippen molar-refractivity contribution in [2.45, 2.75) is 32.4 Å². The highest BCUT2D eigenvalue weighted by Gasteiger charge is 2.33. The topological polar surface area (TPSA) is 89.2 Å². The summed E-state index contributed by atoms with van der Waals surface area (Å²) < 4.78 is 5.92. The van der Waals surface area contributed by atoms with Crippen molar-refractivity contribution < 1.29 is 4.74 Å². The van der Waals surface area contributed by atoms with Crippen LogP contribution in [0.25, 0.3) is 0 Å². The lowest BCUT2D eigenvalue weighted by atomic mass is 10.1. The molecule has 6 nitrogen and oxygen atoms in total. The van der Waals surface area contributed by atoms with Crippen molar-refractivity contribution >= 4 is 17.6 Å². The van der Waals surface area contributed by atoms with Crippen LogP contribution in [0.15, 0.2) is 64.6 Å². The van der Waals surface area contributed by atoms with Crippen LogP contribution in [-0.4, -0.2) is 24.2 Å². The molecule has 0 aromatic heterocycles. The molecule has 136 valence electrons. The highest BCUT2D eigenvalue weighted by molar-refractivity contribution is 6.05. The fourth-order valence-corrected chi connectivity index (χ4v) is 3.07. The van der Waals surface area contributed by atoms with Gasteiger partial charge in [0.2, 0.25) is 11.9 Å². The normalized spacial score (nSPS) is 16.0. The summed E-state index contributed by atoms with van der Waals surface area (Å²) in [5, 5.41) is 0. The van der Waals surface area contributed by atoms with Crippen molar-refractivity contribution in [2.24, 2.45) is 21.5 Å². The third kappa shape index (κ3) is 4.14. The number of ether oxygens (including phenoxy) is 1. The number of benzene rings is 2. The van der Waals surface area contributed by atoms with Gasteiger partial charge in [0, 0.05) is 11.8 Å². The Balaban J connectivity index is 1.64. The van der Waals surface area contributed by atoms with Gasteiger partial charge >= 0.3 is 0 Å². The second-order valence-electron chi connectivity index (χ2n) is 6.70. The first-order valence-electron chi connectivity index (χ1n) is 8.72. The van der Waals surface area contributed by atoms with Crippen LogP contribution in [0.5, 0.6) is 5.75 Å². The Morgan fingerprint density at radius 1 is 1.04 bits per heavy atom. The van der Waals surface area contributed by atoms with Crippen LogP contribution >= 0.6 is 0 Å². The molecule has 26 heavy (non-hydrogen) atoms. The van der Waals surface area contributed by atoms with Gasteiger partial charge in [-0.05, 0) is 44.4 Å². The second kappa shape index (κ2) is 7.47. The van der Waals surface area contributed by atoms with Gasteiger partial charge in [0.25, 0.3) is 0 Å². The highest BCUT2D eigenvalue weighted by atomic mass is 16.5. The first-order valence-corrected chi connectivity index (χ1v) is 8.72. The number of aliphatic imine (C=N–C) groups is 2. The summed E-state index contributed by atoms with van der Waals surface area (Å²) in [6, 6.07) is 18.2. The molecule has 2 aromatic carbocycles. The molecule has 0 amide bonds. The first-order chi connectivity index (χ1) is 12.5. The van der Waals surface area contributed by atoms with Crippen molar-refractivity contribution in [1.82, 2.24) is 0 Å². The molecule has 4 N–H and O–H groups in total. The molecule has 0 atom stereocenters. The van der Waals surface area contributed by atoms with Gasteiger partial charge in [-0.1, -0.05) is 36.4 Å². The summed E-state index contributed by atoms with van der Waals surface area (Å²) in [6.45, 7) is 4.53. The summed E-state index contributed by atoms with van der Waals surface area (Å²) >= 11 is 0. The zero-order chi connectivity index (χ0) is 18.6. The molecule has 0 unspecified atom stereocenters. The molecule has 0 bridgehead atoms. The summed E-state index contributed by atoms with van der Waals surface area (Å²) in [5.74, 6) is 1.31. The summed E-state index contributed by atoms with van der Waals surface area (Å²) in [7, 11) is 0. The van der Waals surface area contributed by atoms with E-state index < -0.39 is 5.66 Å². The molecule has 0 fully saturated rings. The predicted molar refractivity (Wildman–Crippen MR) is 107 cm³/mol. The Kier molecular flexibility index (Phi) is 5.11. The van der Waals surface area contributed by atoms with Crippen molar-refractivity contribution in [3.05, 3.63) is 60.2 Å². The van der Waals surface area contributed by atoms with Crippen LogP contribution in [0.4, 0.5) is 5.69 Å². The molecule has 0 spiro atoms. The Hall–Kier alpha value is -3.02. The molecule has 0 radical (unpaired) electrons. The Morgan fingerprint density at radius 2 is 1.81 bits per heavy atom. The molecular weight excluding hydrogens is 326 g/mol. The van der Waals surface area contributed by atoms with Gasteiger partial charge in [0.15, 0.2) is 0 Å². The van der Waals surface area contributed by atoms with E-state index in [1.165, 1.54) is 5.56 Å². The average Bonchev–Trinajstić information content (AvgIpc) is 2.58. The van der Waals surface area contributed by atoms with Gasteiger partial charge in [-0.25, -0.2) is 4.99 Å². The SMILES string of the molecule is CC1(C)N=C(N)N=C(N)N1c1cccc(OCCCc2ccccc2)c1. The fourth-order valence-electron chi connectivity index (χ4n) is 3.07. The lowest BCUT2D eigenvalue weighted by molar-refractivity contribution is 0.311. The molecule has 2 aromatic rings. The monoisotopic (exact) mass is 351 g/mol. The molecule has 1 aliphatic rings. The second-order valence-corrected chi connectivity index (χ2v) is 6.70. The van der Waals surface area contributed by atoms with E-state index in [1.807, 2.05) is 49.1 Å². The van der Waals surface area contributed by atoms with E-state index in [1.54, 1.807) is 0 Å². The first kappa shape index (κ1) is 17.8. The largest absolute Gasteiger partial charge is 0.494 e. The van der Waals surface area contributed by atoms with Gasteiger partial charge in [-0.3, -0.25) is 4.90 Å². The standard InChI is InChI=1S/C20H25N5O/c1-20(2)24-18(21)23-19(22)25(20)16-11-6-12-17(14-16)26-13-7-10-15-8-4-3-5-9-15/h3-6,8-9,11-12,14H,7,10,13H2,1-2H3,(H4,21,22,23,24). The van der Waals surface area contributed by atoms with Crippen molar-refractivity contribution in [2.75, 3.05) is 11.5 Å². The number of hydrogen-bond donors (Lipinski definition) is 2. The molecule has 0 saturated carbocycles. The Morgan fingerprint density at radius 3 is 2.54 bits per heavy atom. The van der Waals surface area contributed by atoms with Gasteiger partial charge in [-0.2, -0.15) is 4.99 Å². The molecule has 3 rings (SSSR count). The van der Waals surface area contributed by atoms with Crippen molar-refractivity contribution in [1.29, 1.82) is 0 Å². The number of anilines is 1. The number of guanidine groups is 2. The summed E-state index contributed by atoms with van der Waals surface area (Å²) in [5.41, 5.74) is 13.4. The lowest BCUT2D eigenvalue weighted by Crippen LogP contribution is -2.54. The molecule has 6 heteroatoms. The fraction of sp³-hybridized carbons (Fsp3) is 0.300. The van der Waals surface area contributed by atoms with E-state index in [-0.39, 0.29) is 5.96 Å². The predicted octanol–water partition coefficient (Wildman–Crippen LogP) is 2.88. The van der Waals surface area contributed by atoms with Gasteiger partial charge < -0.3 is 16.2 Å². The molecular formula is C20H25N5O. The summed E-state index contributed by atoms with van der Waals surface area (Å²) in [4.78, 5) is 10.3. The average molecular weight is 351 g/mol. The number of nitrogens with two attached hydrogens (primary N) is 2. The van der Waals surface area contributed by atoms with Crippen LogP contribution < -0.4 is 21.1 Å². The zero-order valence-corrected chi connectivity index (χ0v) is 15.2.